The van der Waals surface area contributed by atoms with E-state index in [2.05, 4.69) is 20.2 Å². The van der Waals surface area contributed by atoms with Crippen molar-refractivity contribution in [2.75, 3.05) is 30.4 Å². The number of nitrogens with one attached hydrogen (secondary N) is 1. The van der Waals surface area contributed by atoms with Gasteiger partial charge in [0.2, 0.25) is 5.91 Å². The highest BCUT2D eigenvalue weighted by atomic mass is 16.5. The molecule has 7 nitrogen and oxygen atoms in total. The molecule has 1 saturated heterocycles. The smallest absolute Gasteiger partial charge is 0.235 e. The minimum Gasteiger partial charge on any atom is -0.493 e. The van der Waals surface area contributed by atoms with Gasteiger partial charge in [0.1, 0.15) is 12.4 Å². The standard InChI is InChI=1S/C26H28N4O3/c1-17-15-27-18(2)24(28-17)30-11-9-26(10-12-30)20-13-22(32-3)23(14-21(20)29-25(26)31)33-16-19-7-5-4-6-8-19/h4-8,13-15H,9-12,16H2,1-3H3,(H,29,31). The van der Waals surface area contributed by atoms with Crippen molar-refractivity contribution >= 4 is 17.4 Å². The van der Waals surface area contributed by atoms with Gasteiger partial charge in [-0.2, -0.15) is 0 Å². The third-order valence-electron chi connectivity index (χ3n) is 6.71. The number of piperidine rings is 1. The number of hydrogen-bond acceptors (Lipinski definition) is 6. The summed E-state index contributed by atoms with van der Waals surface area (Å²) in [6.07, 6.45) is 3.19. The first-order chi connectivity index (χ1) is 16.0. The monoisotopic (exact) mass is 444 g/mol. The number of aromatic nitrogens is 2. The fourth-order valence-corrected chi connectivity index (χ4v) is 4.85. The fraction of sp³-hybridized carbons (Fsp3) is 0.346. The van der Waals surface area contributed by atoms with E-state index in [9.17, 15) is 4.79 Å². The zero-order valence-electron chi connectivity index (χ0n) is 19.2. The van der Waals surface area contributed by atoms with Gasteiger partial charge in [-0.3, -0.25) is 9.78 Å². The number of carbonyl (C=O) groups excluding carboxylic acids is 1. The highest BCUT2D eigenvalue weighted by molar-refractivity contribution is 6.07. The summed E-state index contributed by atoms with van der Waals surface area (Å²) in [5, 5.41) is 3.10. The molecule has 2 aromatic carbocycles. The number of benzene rings is 2. The molecule has 1 aromatic heterocycles. The number of carbonyl (C=O) groups is 1. The first-order valence-corrected chi connectivity index (χ1v) is 11.3. The Morgan fingerprint density at radius 3 is 2.58 bits per heavy atom. The number of anilines is 2. The van der Waals surface area contributed by atoms with Crippen molar-refractivity contribution in [2.45, 2.75) is 38.7 Å². The van der Waals surface area contributed by atoms with E-state index in [1.165, 1.54) is 0 Å². The Bertz CT molecular complexity index is 1190. The maximum absolute atomic E-state index is 13.2. The van der Waals surface area contributed by atoms with Gasteiger partial charge < -0.3 is 19.7 Å². The van der Waals surface area contributed by atoms with E-state index in [1.54, 1.807) is 13.3 Å². The summed E-state index contributed by atoms with van der Waals surface area (Å²) >= 11 is 0. The molecule has 0 aliphatic carbocycles. The number of methoxy groups -OCH3 is 1. The summed E-state index contributed by atoms with van der Waals surface area (Å²) in [4.78, 5) is 24.6. The van der Waals surface area contributed by atoms with Gasteiger partial charge in [0.05, 0.1) is 23.9 Å². The normalized spacial score (nSPS) is 16.5. The predicted molar refractivity (Wildman–Crippen MR) is 127 cm³/mol. The van der Waals surface area contributed by atoms with E-state index < -0.39 is 5.41 Å². The molecule has 2 aliphatic heterocycles. The van der Waals surface area contributed by atoms with Crippen LogP contribution in [0.3, 0.4) is 0 Å². The summed E-state index contributed by atoms with van der Waals surface area (Å²) in [5.74, 6) is 2.22. The lowest BCUT2D eigenvalue weighted by Gasteiger charge is -2.39. The van der Waals surface area contributed by atoms with Crippen LogP contribution in [0, 0.1) is 13.8 Å². The minimum absolute atomic E-state index is 0.0476. The molecule has 1 fully saturated rings. The van der Waals surface area contributed by atoms with E-state index in [0.29, 0.717) is 30.9 Å². The largest absolute Gasteiger partial charge is 0.493 e. The average Bonchev–Trinajstić information content (AvgIpc) is 3.09. The Kier molecular flexibility index (Phi) is 5.40. The van der Waals surface area contributed by atoms with Crippen LogP contribution in [-0.4, -0.2) is 36.1 Å². The first-order valence-electron chi connectivity index (χ1n) is 11.3. The lowest BCUT2D eigenvalue weighted by molar-refractivity contribution is -0.121. The van der Waals surface area contributed by atoms with Gasteiger partial charge >= 0.3 is 0 Å². The molecule has 5 rings (SSSR count). The van der Waals surface area contributed by atoms with Crippen molar-refractivity contribution in [1.29, 1.82) is 0 Å². The lowest BCUT2D eigenvalue weighted by Crippen LogP contribution is -2.47. The molecule has 170 valence electrons. The zero-order chi connectivity index (χ0) is 23.0. The molecule has 1 amide bonds. The third kappa shape index (κ3) is 3.77. The molecule has 7 heteroatoms. The quantitative estimate of drug-likeness (QED) is 0.637. The molecule has 1 N–H and O–H groups in total. The molecule has 0 unspecified atom stereocenters. The van der Waals surface area contributed by atoms with Crippen LogP contribution in [0.25, 0.3) is 0 Å². The lowest BCUT2D eigenvalue weighted by atomic mass is 9.73. The van der Waals surface area contributed by atoms with E-state index >= 15 is 0 Å². The van der Waals surface area contributed by atoms with Crippen molar-refractivity contribution in [1.82, 2.24) is 9.97 Å². The number of fused-ring (bicyclic) bond motifs is 2. The third-order valence-corrected chi connectivity index (χ3v) is 6.71. The summed E-state index contributed by atoms with van der Waals surface area (Å²) in [6.45, 7) is 5.83. The van der Waals surface area contributed by atoms with E-state index in [0.717, 1.165) is 47.1 Å². The Morgan fingerprint density at radius 1 is 1.09 bits per heavy atom. The zero-order valence-corrected chi connectivity index (χ0v) is 19.2. The molecule has 1 spiro atoms. The van der Waals surface area contributed by atoms with Crippen LogP contribution in [0.1, 0.15) is 35.4 Å². The number of nitrogens with zero attached hydrogens (tertiary/aromatic N) is 3. The maximum atomic E-state index is 13.2. The molecule has 0 bridgehead atoms. The summed E-state index contributed by atoms with van der Waals surface area (Å²) < 4.78 is 11.7. The van der Waals surface area contributed by atoms with Gasteiger partial charge in [-0.15, -0.1) is 0 Å². The van der Waals surface area contributed by atoms with E-state index in [4.69, 9.17) is 9.47 Å². The summed E-state index contributed by atoms with van der Waals surface area (Å²) in [6, 6.07) is 13.9. The number of rotatable bonds is 5. The SMILES string of the molecule is COc1cc2c(cc1OCc1ccccc1)NC(=O)C21CCN(c2nc(C)cnc2C)CC1. The maximum Gasteiger partial charge on any atom is 0.235 e. The van der Waals surface area contributed by atoms with Gasteiger partial charge in [0.15, 0.2) is 11.5 Å². The second-order valence-corrected chi connectivity index (χ2v) is 8.77. The number of amides is 1. The van der Waals surface area contributed by atoms with Crippen LogP contribution in [-0.2, 0) is 16.8 Å². The number of ether oxygens (including phenoxy) is 2. The van der Waals surface area contributed by atoms with Crippen LogP contribution in [0.5, 0.6) is 11.5 Å². The van der Waals surface area contributed by atoms with Gasteiger partial charge in [-0.25, -0.2) is 4.98 Å². The Balaban J connectivity index is 1.39. The van der Waals surface area contributed by atoms with Crippen LogP contribution in [0.2, 0.25) is 0 Å². The minimum atomic E-state index is -0.567. The van der Waals surface area contributed by atoms with Gasteiger partial charge in [0.25, 0.3) is 0 Å². The summed E-state index contributed by atoms with van der Waals surface area (Å²) in [7, 11) is 1.63. The van der Waals surface area contributed by atoms with Gasteiger partial charge in [-0.1, -0.05) is 30.3 Å². The van der Waals surface area contributed by atoms with Crippen molar-refractivity contribution in [3.8, 4) is 11.5 Å². The highest BCUT2D eigenvalue weighted by Crippen LogP contribution is 2.49. The van der Waals surface area contributed by atoms with Crippen LogP contribution >= 0.6 is 0 Å². The molecule has 0 saturated carbocycles. The van der Waals surface area contributed by atoms with Crippen LogP contribution < -0.4 is 19.7 Å². The highest BCUT2D eigenvalue weighted by Gasteiger charge is 2.49. The first kappa shape index (κ1) is 21.2. The van der Waals surface area contributed by atoms with E-state index in [1.807, 2.05) is 56.3 Å². The van der Waals surface area contributed by atoms with Crippen molar-refractivity contribution in [2.24, 2.45) is 0 Å². The number of hydrogen-bond donors (Lipinski definition) is 1. The van der Waals surface area contributed by atoms with Crippen LogP contribution in [0.4, 0.5) is 11.5 Å². The molecular formula is C26H28N4O3. The average molecular weight is 445 g/mol. The molecule has 0 radical (unpaired) electrons. The van der Waals surface area contributed by atoms with Gasteiger partial charge in [-0.05, 0) is 43.9 Å². The topological polar surface area (TPSA) is 76.6 Å². The Labute approximate surface area is 193 Å². The van der Waals surface area contributed by atoms with Crippen molar-refractivity contribution in [3.05, 3.63) is 71.2 Å². The number of aryl methyl sites for hydroxylation is 2. The molecule has 33 heavy (non-hydrogen) atoms. The molecular weight excluding hydrogens is 416 g/mol. The van der Waals surface area contributed by atoms with Crippen molar-refractivity contribution in [3.63, 3.8) is 0 Å². The van der Waals surface area contributed by atoms with E-state index in [-0.39, 0.29) is 5.91 Å². The molecule has 3 aromatic rings. The second kappa shape index (κ2) is 8.39. The Morgan fingerprint density at radius 2 is 1.85 bits per heavy atom. The Hall–Kier alpha value is -3.61. The van der Waals surface area contributed by atoms with Crippen molar-refractivity contribution < 1.29 is 14.3 Å². The van der Waals surface area contributed by atoms with Crippen LogP contribution in [0.15, 0.2) is 48.7 Å². The fourth-order valence-electron chi connectivity index (χ4n) is 4.85. The summed E-state index contributed by atoms with van der Waals surface area (Å²) in [5.41, 5.74) is 4.11. The van der Waals surface area contributed by atoms with Gasteiger partial charge in [0, 0.05) is 31.0 Å². The molecule has 2 aliphatic rings. The predicted octanol–water partition coefficient (Wildman–Crippen LogP) is 4.17. The molecule has 0 atom stereocenters. The molecule has 3 heterocycles. The second-order valence-electron chi connectivity index (χ2n) is 8.77.